The molecule has 3 rings (SSSR count). The van der Waals surface area contributed by atoms with E-state index in [2.05, 4.69) is 10.2 Å². The van der Waals surface area contributed by atoms with Gasteiger partial charge in [-0.05, 0) is 12.8 Å². The van der Waals surface area contributed by atoms with Crippen LogP contribution in [-0.2, 0) is 4.79 Å². The van der Waals surface area contributed by atoms with Crippen LogP contribution in [0, 0.1) is 5.41 Å². The van der Waals surface area contributed by atoms with Crippen molar-refractivity contribution in [1.29, 1.82) is 0 Å². The van der Waals surface area contributed by atoms with Gasteiger partial charge in [0.05, 0.1) is 12.6 Å². The number of nitrogens with one attached hydrogen (secondary N) is 1. The molecular weight excluding hydrogens is 242 g/mol. The van der Waals surface area contributed by atoms with Gasteiger partial charge in [0, 0.05) is 44.7 Å². The van der Waals surface area contributed by atoms with Crippen molar-refractivity contribution in [2.75, 3.05) is 45.9 Å². The average molecular weight is 267 g/mol. The third-order valence-corrected chi connectivity index (χ3v) is 5.22. The van der Waals surface area contributed by atoms with Crippen LogP contribution >= 0.6 is 0 Å². The largest absolute Gasteiger partial charge is 0.395 e. The van der Waals surface area contributed by atoms with E-state index < -0.39 is 0 Å². The van der Waals surface area contributed by atoms with E-state index in [9.17, 15) is 4.79 Å². The average Bonchev–Trinajstić information content (AvgIpc) is 2.90. The lowest BCUT2D eigenvalue weighted by Gasteiger charge is -2.49. The fourth-order valence-corrected chi connectivity index (χ4v) is 3.90. The van der Waals surface area contributed by atoms with Gasteiger partial charge in [-0.3, -0.25) is 9.69 Å². The van der Waals surface area contributed by atoms with Crippen LogP contribution in [0.4, 0.5) is 0 Å². The van der Waals surface area contributed by atoms with Gasteiger partial charge >= 0.3 is 0 Å². The zero-order chi connectivity index (χ0) is 13.3. The maximum absolute atomic E-state index is 12.6. The van der Waals surface area contributed by atoms with Crippen LogP contribution < -0.4 is 5.32 Å². The van der Waals surface area contributed by atoms with Crippen molar-refractivity contribution in [3.63, 3.8) is 0 Å². The highest BCUT2D eigenvalue weighted by Gasteiger charge is 2.52. The molecule has 1 saturated carbocycles. The van der Waals surface area contributed by atoms with E-state index in [1.165, 1.54) is 25.7 Å². The number of nitrogens with zero attached hydrogens (tertiary/aromatic N) is 2. The SMILES string of the molecule is O=C(C1NCC12CCCC2)N1CCN(CCO)CC1. The highest BCUT2D eigenvalue weighted by molar-refractivity contribution is 5.84. The summed E-state index contributed by atoms with van der Waals surface area (Å²) >= 11 is 0. The van der Waals surface area contributed by atoms with Crippen LogP contribution in [-0.4, -0.2) is 72.7 Å². The highest BCUT2D eigenvalue weighted by atomic mass is 16.3. The molecule has 0 bridgehead atoms. The summed E-state index contributed by atoms with van der Waals surface area (Å²) in [6, 6.07) is 0.0828. The fraction of sp³-hybridized carbons (Fsp3) is 0.929. The Morgan fingerprint density at radius 1 is 1.21 bits per heavy atom. The third kappa shape index (κ3) is 2.39. The summed E-state index contributed by atoms with van der Waals surface area (Å²) in [5, 5.41) is 12.3. The lowest BCUT2D eigenvalue weighted by atomic mass is 9.71. The minimum atomic E-state index is 0.0828. The van der Waals surface area contributed by atoms with E-state index in [1.54, 1.807) is 0 Å². The molecular formula is C14H25N3O2. The minimum Gasteiger partial charge on any atom is -0.395 e. The molecule has 3 fully saturated rings. The molecule has 2 aliphatic heterocycles. The summed E-state index contributed by atoms with van der Waals surface area (Å²) in [7, 11) is 0. The van der Waals surface area contributed by atoms with Gasteiger partial charge in [0.2, 0.25) is 5.91 Å². The van der Waals surface area contributed by atoms with Crippen molar-refractivity contribution in [2.45, 2.75) is 31.7 Å². The number of carbonyl (C=O) groups excluding carboxylic acids is 1. The lowest BCUT2D eigenvalue weighted by Crippen LogP contribution is -2.68. The number of hydrogen-bond donors (Lipinski definition) is 2. The Bertz CT molecular complexity index is 334. The topological polar surface area (TPSA) is 55.8 Å². The van der Waals surface area contributed by atoms with Gasteiger partial charge in [0.15, 0.2) is 0 Å². The number of rotatable bonds is 3. The number of piperazine rings is 1. The molecule has 2 saturated heterocycles. The molecule has 5 nitrogen and oxygen atoms in total. The molecule has 5 heteroatoms. The molecule has 2 N–H and O–H groups in total. The van der Waals surface area contributed by atoms with Gasteiger partial charge in [0.25, 0.3) is 0 Å². The third-order valence-electron chi connectivity index (χ3n) is 5.22. The molecule has 3 aliphatic rings. The van der Waals surface area contributed by atoms with Crippen LogP contribution in [0.2, 0.25) is 0 Å². The zero-order valence-corrected chi connectivity index (χ0v) is 11.6. The summed E-state index contributed by atoms with van der Waals surface area (Å²) < 4.78 is 0. The molecule has 1 unspecified atom stereocenters. The first-order valence-corrected chi connectivity index (χ1v) is 7.61. The molecule has 1 spiro atoms. The number of carbonyl (C=O) groups is 1. The molecule has 1 amide bonds. The maximum Gasteiger partial charge on any atom is 0.240 e. The Morgan fingerprint density at radius 3 is 2.42 bits per heavy atom. The Kier molecular flexibility index (Phi) is 3.78. The normalized spacial score (nSPS) is 30.6. The van der Waals surface area contributed by atoms with E-state index in [0.717, 1.165) is 39.3 Å². The van der Waals surface area contributed by atoms with Crippen LogP contribution in [0.15, 0.2) is 0 Å². The molecule has 19 heavy (non-hydrogen) atoms. The molecule has 0 aromatic heterocycles. The van der Waals surface area contributed by atoms with Crippen LogP contribution in [0.5, 0.6) is 0 Å². The number of aliphatic hydroxyl groups is 1. The first-order chi connectivity index (χ1) is 9.25. The lowest BCUT2D eigenvalue weighted by molar-refractivity contribution is -0.143. The molecule has 108 valence electrons. The fourth-order valence-electron chi connectivity index (χ4n) is 3.90. The van der Waals surface area contributed by atoms with E-state index in [-0.39, 0.29) is 12.6 Å². The molecule has 0 radical (unpaired) electrons. The Balaban J connectivity index is 1.54. The van der Waals surface area contributed by atoms with E-state index in [4.69, 9.17) is 5.11 Å². The Labute approximate surface area is 114 Å². The van der Waals surface area contributed by atoms with Crippen LogP contribution in [0.3, 0.4) is 0 Å². The first kappa shape index (κ1) is 13.3. The predicted octanol–water partition coefficient (Wildman–Crippen LogP) is -0.345. The van der Waals surface area contributed by atoms with E-state index >= 15 is 0 Å². The summed E-state index contributed by atoms with van der Waals surface area (Å²) in [6.07, 6.45) is 5.02. The second kappa shape index (κ2) is 5.38. The Hall–Kier alpha value is -0.650. The Morgan fingerprint density at radius 2 is 1.89 bits per heavy atom. The summed E-state index contributed by atoms with van der Waals surface area (Å²) in [4.78, 5) is 16.8. The van der Waals surface area contributed by atoms with Crippen molar-refractivity contribution < 1.29 is 9.90 Å². The summed E-state index contributed by atoms with van der Waals surface area (Å²) in [6.45, 7) is 5.39. The van der Waals surface area contributed by atoms with Gasteiger partial charge in [0.1, 0.15) is 0 Å². The van der Waals surface area contributed by atoms with Crippen molar-refractivity contribution in [3.05, 3.63) is 0 Å². The molecule has 2 heterocycles. The first-order valence-electron chi connectivity index (χ1n) is 7.61. The number of hydrogen-bond acceptors (Lipinski definition) is 4. The van der Waals surface area contributed by atoms with Gasteiger partial charge in [-0.2, -0.15) is 0 Å². The number of β-amino-alcohol motifs (C(OH)–C–C–N with tert-alkyl or cyclic N) is 1. The van der Waals surface area contributed by atoms with Crippen molar-refractivity contribution in [2.24, 2.45) is 5.41 Å². The monoisotopic (exact) mass is 267 g/mol. The molecule has 0 aromatic rings. The number of amides is 1. The predicted molar refractivity (Wildman–Crippen MR) is 72.8 cm³/mol. The quantitative estimate of drug-likeness (QED) is 0.734. The minimum absolute atomic E-state index is 0.0828. The molecule has 1 atom stereocenters. The maximum atomic E-state index is 12.6. The van der Waals surface area contributed by atoms with Gasteiger partial charge < -0.3 is 15.3 Å². The van der Waals surface area contributed by atoms with Gasteiger partial charge in [-0.1, -0.05) is 12.8 Å². The van der Waals surface area contributed by atoms with E-state index in [0.29, 0.717) is 11.3 Å². The van der Waals surface area contributed by atoms with Crippen molar-refractivity contribution >= 4 is 5.91 Å². The smallest absolute Gasteiger partial charge is 0.240 e. The zero-order valence-electron chi connectivity index (χ0n) is 11.6. The number of aliphatic hydroxyl groups excluding tert-OH is 1. The van der Waals surface area contributed by atoms with E-state index in [1.807, 2.05) is 4.90 Å². The molecule has 0 aromatic carbocycles. The summed E-state index contributed by atoms with van der Waals surface area (Å²) in [5.41, 5.74) is 0.291. The second-order valence-corrected chi connectivity index (χ2v) is 6.27. The van der Waals surface area contributed by atoms with Crippen LogP contribution in [0.1, 0.15) is 25.7 Å². The van der Waals surface area contributed by atoms with Crippen molar-refractivity contribution in [3.8, 4) is 0 Å². The van der Waals surface area contributed by atoms with Crippen LogP contribution in [0.25, 0.3) is 0 Å². The highest BCUT2D eigenvalue weighted by Crippen LogP contribution is 2.46. The second-order valence-electron chi connectivity index (χ2n) is 6.27. The summed E-state index contributed by atoms with van der Waals surface area (Å²) in [5.74, 6) is 0.316. The van der Waals surface area contributed by atoms with Crippen molar-refractivity contribution in [1.82, 2.24) is 15.1 Å². The standard InChI is InChI=1S/C14H25N3O2/c18-10-9-16-5-7-17(8-6-16)13(19)12-14(11-15-12)3-1-2-4-14/h12,15,18H,1-11H2. The van der Waals surface area contributed by atoms with Gasteiger partial charge in [-0.15, -0.1) is 0 Å². The van der Waals surface area contributed by atoms with Gasteiger partial charge in [-0.25, -0.2) is 0 Å². The molecule has 1 aliphatic carbocycles.